The normalized spacial score (nSPS) is 11.6. The number of aromatic nitrogens is 5. The number of hydrogen-bond acceptors (Lipinski definition) is 6. The average Bonchev–Trinajstić information content (AvgIpc) is 2.71. The van der Waals surface area contributed by atoms with E-state index in [0.29, 0.717) is 32.9 Å². The van der Waals surface area contributed by atoms with Crippen molar-refractivity contribution in [2.75, 3.05) is 0 Å². The molecule has 0 atom stereocenters. The van der Waals surface area contributed by atoms with Crippen LogP contribution < -0.4 is 10.3 Å². The number of ether oxygens (including phenoxy) is 1. The van der Waals surface area contributed by atoms with Crippen molar-refractivity contribution < 1.29 is 17.9 Å². The molecule has 0 amide bonds. The molecule has 0 aliphatic heterocycles. The molecule has 11 heteroatoms. The summed E-state index contributed by atoms with van der Waals surface area (Å²) in [5, 5.41) is 8.59. The maximum atomic E-state index is 12.8. The van der Waals surface area contributed by atoms with Crippen LogP contribution in [-0.2, 0) is 6.54 Å². The smallest absolute Gasteiger partial charge is 0.406 e. The van der Waals surface area contributed by atoms with Gasteiger partial charge in [-0.2, -0.15) is 0 Å². The number of nitrogens with zero attached hydrogens (tertiary/aromatic N) is 5. The molecule has 0 spiro atoms. The second-order valence-electron chi connectivity index (χ2n) is 6.17. The summed E-state index contributed by atoms with van der Waals surface area (Å²) in [6, 6.07) is 10.3. The van der Waals surface area contributed by atoms with Crippen molar-refractivity contribution in [2.45, 2.75) is 12.9 Å². The first-order chi connectivity index (χ1) is 14.3. The summed E-state index contributed by atoms with van der Waals surface area (Å²) in [5.41, 5.74) is 1.21. The molecule has 0 saturated carbocycles. The molecule has 152 valence electrons. The van der Waals surface area contributed by atoms with Gasteiger partial charge in [0, 0.05) is 12.4 Å². The van der Waals surface area contributed by atoms with Crippen LogP contribution in [0.5, 0.6) is 5.75 Å². The quantitative estimate of drug-likeness (QED) is 0.486. The van der Waals surface area contributed by atoms with E-state index >= 15 is 0 Å². The van der Waals surface area contributed by atoms with Crippen molar-refractivity contribution >= 4 is 22.5 Å². The van der Waals surface area contributed by atoms with Crippen LogP contribution in [0.15, 0.2) is 59.7 Å². The number of halogens is 4. The maximum absolute atomic E-state index is 12.8. The second-order valence-corrected chi connectivity index (χ2v) is 6.61. The Morgan fingerprint density at radius 2 is 1.67 bits per heavy atom. The third-order valence-corrected chi connectivity index (χ3v) is 4.30. The van der Waals surface area contributed by atoms with Gasteiger partial charge in [-0.25, -0.2) is 14.6 Å². The van der Waals surface area contributed by atoms with E-state index in [4.69, 9.17) is 11.6 Å². The minimum atomic E-state index is -4.76. The zero-order valence-corrected chi connectivity index (χ0v) is 15.7. The van der Waals surface area contributed by atoms with Crippen molar-refractivity contribution in [1.82, 2.24) is 25.0 Å². The van der Waals surface area contributed by atoms with Gasteiger partial charge in [-0.1, -0.05) is 35.0 Å². The van der Waals surface area contributed by atoms with Crippen LogP contribution in [0.3, 0.4) is 0 Å². The lowest BCUT2D eigenvalue weighted by Crippen LogP contribution is -2.25. The first-order valence-electron chi connectivity index (χ1n) is 8.49. The summed E-state index contributed by atoms with van der Waals surface area (Å²) >= 11 is 5.76. The molecule has 0 bridgehead atoms. The Morgan fingerprint density at radius 1 is 1.00 bits per heavy atom. The van der Waals surface area contributed by atoms with E-state index in [2.05, 4.69) is 25.0 Å². The van der Waals surface area contributed by atoms with E-state index in [0.717, 1.165) is 4.68 Å². The maximum Gasteiger partial charge on any atom is 0.573 e. The van der Waals surface area contributed by atoms with Crippen molar-refractivity contribution in [1.29, 1.82) is 0 Å². The topological polar surface area (TPSA) is 82.8 Å². The van der Waals surface area contributed by atoms with Crippen LogP contribution in [0.2, 0.25) is 5.02 Å². The van der Waals surface area contributed by atoms with Crippen LogP contribution >= 0.6 is 11.6 Å². The third kappa shape index (κ3) is 4.38. The Bertz CT molecular complexity index is 1260. The van der Waals surface area contributed by atoms with E-state index in [1.807, 2.05) is 0 Å². The van der Waals surface area contributed by atoms with Crippen molar-refractivity contribution in [3.63, 3.8) is 0 Å². The van der Waals surface area contributed by atoms with Crippen molar-refractivity contribution in [2.24, 2.45) is 0 Å². The first kappa shape index (κ1) is 19.8. The van der Waals surface area contributed by atoms with Gasteiger partial charge in [-0.3, -0.25) is 4.79 Å². The molecule has 0 aliphatic carbocycles. The molecule has 2 heterocycles. The predicted octanol–water partition coefficient (Wildman–Crippen LogP) is 3.85. The lowest BCUT2D eigenvalue weighted by Gasteiger charge is -2.10. The lowest BCUT2D eigenvalue weighted by atomic mass is 10.0. The van der Waals surface area contributed by atoms with E-state index in [-0.39, 0.29) is 12.3 Å². The summed E-state index contributed by atoms with van der Waals surface area (Å²) < 4.78 is 41.9. The molecular weight excluding hydrogens is 423 g/mol. The minimum absolute atomic E-state index is 0.00660. The fourth-order valence-corrected chi connectivity index (χ4v) is 2.86. The highest BCUT2D eigenvalue weighted by atomic mass is 35.5. The molecule has 0 fully saturated rings. The van der Waals surface area contributed by atoms with Crippen molar-refractivity contribution in [3.05, 3.63) is 76.1 Å². The summed E-state index contributed by atoms with van der Waals surface area (Å²) in [6.07, 6.45) is -1.94. The van der Waals surface area contributed by atoms with E-state index < -0.39 is 11.9 Å². The zero-order valence-electron chi connectivity index (χ0n) is 15.0. The molecule has 4 aromatic rings. The summed E-state index contributed by atoms with van der Waals surface area (Å²) in [4.78, 5) is 20.9. The Labute approximate surface area is 171 Å². The SMILES string of the molecule is O=c1c2cc(-c3ccc(OC(F)(F)F)cc3)ccc2nnn1Cc1ncc(Cl)cn1. The highest BCUT2D eigenvalue weighted by Crippen LogP contribution is 2.27. The van der Waals surface area contributed by atoms with Gasteiger partial charge in [0.2, 0.25) is 0 Å². The number of rotatable bonds is 4. The van der Waals surface area contributed by atoms with Gasteiger partial charge in [-0.15, -0.1) is 18.3 Å². The predicted molar refractivity (Wildman–Crippen MR) is 102 cm³/mol. The van der Waals surface area contributed by atoms with Gasteiger partial charge >= 0.3 is 6.36 Å². The Balaban J connectivity index is 1.67. The molecule has 7 nitrogen and oxygen atoms in total. The number of hydrogen-bond donors (Lipinski definition) is 0. The average molecular weight is 434 g/mol. The summed E-state index contributed by atoms with van der Waals surface area (Å²) in [6.45, 7) is 0.00660. The summed E-state index contributed by atoms with van der Waals surface area (Å²) in [5.74, 6) is 0.00906. The molecule has 0 saturated heterocycles. The fourth-order valence-electron chi connectivity index (χ4n) is 2.76. The minimum Gasteiger partial charge on any atom is -0.406 e. The van der Waals surface area contributed by atoms with Crippen LogP contribution in [-0.4, -0.2) is 31.3 Å². The highest BCUT2D eigenvalue weighted by molar-refractivity contribution is 6.30. The standard InChI is InChI=1S/C19H11ClF3N5O2/c20-13-8-24-17(25-9-13)10-28-18(29)15-7-12(3-6-16(15)26-27-28)11-1-4-14(5-2-11)30-19(21,22)23/h1-9H,10H2. The third-order valence-electron chi connectivity index (χ3n) is 4.11. The monoisotopic (exact) mass is 433 g/mol. The lowest BCUT2D eigenvalue weighted by molar-refractivity contribution is -0.274. The molecule has 2 aromatic carbocycles. The molecular formula is C19H11ClF3N5O2. The van der Waals surface area contributed by atoms with Gasteiger partial charge < -0.3 is 4.74 Å². The molecule has 30 heavy (non-hydrogen) atoms. The summed E-state index contributed by atoms with van der Waals surface area (Å²) in [7, 11) is 0. The largest absolute Gasteiger partial charge is 0.573 e. The van der Waals surface area contributed by atoms with Gasteiger partial charge in [-0.05, 0) is 35.4 Å². The Hall–Kier alpha value is -3.53. The zero-order chi connectivity index (χ0) is 21.3. The first-order valence-corrected chi connectivity index (χ1v) is 8.86. The number of benzene rings is 2. The fraction of sp³-hybridized carbons (Fsp3) is 0.105. The van der Waals surface area contributed by atoms with Crippen LogP contribution in [0.4, 0.5) is 13.2 Å². The second kappa shape index (κ2) is 7.71. The van der Waals surface area contributed by atoms with Crippen molar-refractivity contribution in [3.8, 4) is 16.9 Å². The molecule has 0 aliphatic rings. The van der Waals surface area contributed by atoms with Gasteiger partial charge in [0.05, 0.1) is 10.4 Å². The van der Waals surface area contributed by atoms with Gasteiger partial charge in [0.1, 0.15) is 23.6 Å². The molecule has 0 N–H and O–H groups in total. The Morgan fingerprint density at radius 3 is 2.33 bits per heavy atom. The number of fused-ring (bicyclic) bond motifs is 1. The molecule has 0 radical (unpaired) electrons. The van der Waals surface area contributed by atoms with E-state index in [9.17, 15) is 18.0 Å². The Kier molecular flexibility index (Phi) is 5.08. The number of alkyl halides is 3. The van der Waals surface area contributed by atoms with Crippen LogP contribution in [0.1, 0.15) is 5.82 Å². The highest BCUT2D eigenvalue weighted by Gasteiger charge is 2.30. The molecule has 0 unspecified atom stereocenters. The molecule has 4 rings (SSSR count). The van der Waals surface area contributed by atoms with E-state index in [1.54, 1.807) is 18.2 Å². The van der Waals surface area contributed by atoms with Gasteiger partial charge in [0.25, 0.3) is 5.56 Å². The molecule has 2 aromatic heterocycles. The van der Waals surface area contributed by atoms with Gasteiger partial charge in [0.15, 0.2) is 0 Å². The van der Waals surface area contributed by atoms with Crippen LogP contribution in [0, 0.1) is 0 Å². The van der Waals surface area contributed by atoms with E-state index in [1.165, 1.54) is 36.7 Å². The van der Waals surface area contributed by atoms with Crippen LogP contribution in [0.25, 0.3) is 22.0 Å².